The number of hydrogen-bond donors (Lipinski definition) is 1. The van der Waals surface area contributed by atoms with Gasteiger partial charge in [0.25, 0.3) is 5.91 Å². The molecule has 0 aliphatic rings. The smallest absolute Gasteiger partial charge is 0.337 e. The first-order valence-electron chi connectivity index (χ1n) is 11.6. The van der Waals surface area contributed by atoms with Crippen LogP contribution in [0.5, 0.6) is 5.75 Å². The van der Waals surface area contributed by atoms with Gasteiger partial charge in [-0.1, -0.05) is 12.1 Å². The van der Waals surface area contributed by atoms with Crippen molar-refractivity contribution >= 4 is 45.3 Å². The molecule has 0 saturated carbocycles. The maximum atomic E-state index is 15.9. The van der Waals surface area contributed by atoms with Gasteiger partial charge in [-0.25, -0.2) is 9.18 Å². The van der Waals surface area contributed by atoms with Crippen LogP contribution in [-0.2, 0) is 11.8 Å². The van der Waals surface area contributed by atoms with Crippen molar-refractivity contribution in [3.05, 3.63) is 77.9 Å². The molecule has 5 aromatic rings. The van der Waals surface area contributed by atoms with Gasteiger partial charge in [-0.15, -0.1) is 0 Å². The lowest BCUT2D eigenvalue weighted by molar-refractivity contribution is 0.0600. The Bertz CT molecular complexity index is 1770. The van der Waals surface area contributed by atoms with E-state index in [0.717, 1.165) is 10.9 Å². The molecule has 0 unspecified atom stereocenters. The number of amides is 1. The molecular weight excluding hydrogens is 491 g/mol. The average Bonchev–Trinajstić information content (AvgIpc) is 3.49. The molecule has 0 saturated heterocycles. The van der Waals surface area contributed by atoms with Crippen molar-refractivity contribution in [1.29, 1.82) is 0 Å². The van der Waals surface area contributed by atoms with Gasteiger partial charge in [0, 0.05) is 36.5 Å². The topological polar surface area (TPSA) is 104 Å². The minimum Gasteiger partial charge on any atom is -0.497 e. The highest BCUT2D eigenvalue weighted by Gasteiger charge is 2.22. The first kappa shape index (κ1) is 24.7. The minimum atomic E-state index is -0.736. The zero-order valence-electron chi connectivity index (χ0n) is 21.0. The number of aromatic nitrogens is 3. The van der Waals surface area contributed by atoms with Gasteiger partial charge < -0.3 is 14.8 Å². The standard InChI is InChI=1S/C28H23FN4O5/c1-15(34)33-14-22(21-12-19(37-3)7-8-24(21)33)27(35)31-23-10-18(28(36)38-4)9-20(26(23)29)16-5-6-17-13-30-32(2)25(17)11-16/h5-14H,1-4H3,(H,31,35). The minimum absolute atomic E-state index is 0.0529. The number of benzene rings is 3. The van der Waals surface area contributed by atoms with Crippen LogP contribution in [0, 0.1) is 5.82 Å². The van der Waals surface area contributed by atoms with E-state index in [1.807, 2.05) is 0 Å². The van der Waals surface area contributed by atoms with Crippen molar-refractivity contribution in [2.75, 3.05) is 19.5 Å². The number of nitrogens with one attached hydrogen (secondary N) is 1. The predicted octanol–water partition coefficient (Wildman–Crippen LogP) is 5.04. The van der Waals surface area contributed by atoms with Gasteiger partial charge in [-0.2, -0.15) is 5.10 Å². The first-order valence-corrected chi connectivity index (χ1v) is 11.6. The van der Waals surface area contributed by atoms with Crippen LogP contribution in [0.4, 0.5) is 10.1 Å². The number of anilines is 1. The average molecular weight is 515 g/mol. The van der Waals surface area contributed by atoms with Gasteiger partial charge in [0.2, 0.25) is 5.91 Å². The molecule has 2 heterocycles. The van der Waals surface area contributed by atoms with E-state index in [-0.39, 0.29) is 28.3 Å². The van der Waals surface area contributed by atoms with Crippen molar-refractivity contribution < 1.29 is 28.2 Å². The van der Waals surface area contributed by atoms with Gasteiger partial charge in [0.15, 0.2) is 5.82 Å². The zero-order chi connectivity index (χ0) is 27.1. The highest BCUT2D eigenvalue weighted by atomic mass is 19.1. The van der Waals surface area contributed by atoms with Gasteiger partial charge in [-0.05, 0) is 42.0 Å². The number of carbonyl (C=O) groups excluding carboxylic acids is 3. The largest absolute Gasteiger partial charge is 0.497 e. The van der Waals surface area contributed by atoms with E-state index < -0.39 is 17.7 Å². The Morgan fingerprint density at radius 3 is 2.50 bits per heavy atom. The van der Waals surface area contributed by atoms with Gasteiger partial charge in [0.1, 0.15) is 5.75 Å². The van der Waals surface area contributed by atoms with Crippen molar-refractivity contribution in [1.82, 2.24) is 14.3 Å². The Labute approximate surface area is 216 Å². The molecule has 5 rings (SSSR count). The molecule has 1 amide bonds. The lowest BCUT2D eigenvalue weighted by Crippen LogP contribution is -2.15. The fourth-order valence-corrected chi connectivity index (χ4v) is 4.44. The number of methoxy groups -OCH3 is 2. The van der Waals surface area contributed by atoms with Crippen LogP contribution in [-0.4, -0.2) is 46.4 Å². The number of aryl methyl sites for hydroxylation is 1. The number of rotatable bonds is 5. The Balaban J connectivity index is 1.63. The number of hydrogen-bond acceptors (Lipinski definition) is 6. The number of nitrogens with zero attached hydrogens (tertiary/aromatic N) is 3. The summed E-state index contributed by atoms with van der Waals surface area (Å²) >= 11 is 0. The van der Waals surface area contributed by atoms with Gasteiger partial charge >= 0.3 is 5.97 Å². The third kappa shape index (κ3) is 4.15. The summed E-state index contributed by atoms with van der Waals surface area (Å²) in [5.41, 5.74) is 1.81. The van der Waals surface area contributed by atoms with Crippen LogP contribution < -0.4 is 10.1 Å². The second-order valence-corrected chi connectivity index (χ2v) is 8.69. The summed E-state index contributed by atoms with van der Waals surface area (Å²) in [5, 5.41) is 8.10. The lowest BCUT2D eigenvalue weighted by Gasteiger charge is -2.13. The molecule has 0 aliphatic heterocycles. The lowest BCUT2D eigenvalue weighted by atomic mass is 9.99. The van der Waals surface area contributed by atoms with Crippen LogP contribution in [0.2, 0.25) is 0 Å². The van der Waals surface area contributed by atoms with E-state index in [2.05, 4.69) is 10.4 Å². The highest BCUT2D eigenvalue weighted by Crippen LogP contribution is 2.33. The molecule has 0 spiro atoms. The third-order valence-electron chi connectivity index (χ3n) is 6.40. The third-order valence-corrected chi connectivity index (χ3v) is 6.40. The second-order valence-electron chi connectivity index (χ2n) is 8.69. The molecule has 0 aliphatic carbocycles. The molecular formula is C28H23FN4O5. The summed E-state index contributed by atoms with van der Waals surface area (Å²) < 4.78 is 29.0. The monoisotopic (exact) mass is 514 g/mol. The van der Waals surface area contributed by atoms with Crippen LogP contribution >= 0.6 is 0 Å². The molecule has 2 aromatic heterocycles. The summed E-state index contributed by atoms with van der Waals surface area (Å²) in [4.78, 5) is 38.1. The Morgan fingerprint density at radius 2 is 1.79 bits per heavy atom. The summed E-state index contributed by atoms with van der Waals surface area (Å²) in [6, 6.07) is 12.8. The predicted molar refractivity (Wildman–Crippen MR) is 140 cm³/mol. The molecule has 0 bridgehead atoms. The molecule has 10 heteroatoms. The van der Waals surface area contributed by atoms with Crippen molar-refractivity contribution in [3.63, 3.8) is 0 Å². The molecule has 3 aromatic carbocycles. The molecule has 0 radical (unpaired) electrons. The molecule has 1 N–H and O–H groups in total. The SMILES string of the molecule is COC(=O)c1cc(NC(=O)c2cn(C(C)=O)c3ccc(OC)cc23)c(F)c(-c2ccc3cnn(C)c3c2)c1. The van der Waals surface area contributed by atoms with Crippen molar-refractivity contribution in [3.8, 4) is 16.9 Å². The fraction of sp³-hybridized carbons (Fsp3) is 0.143. The molecule has 192 valence electrons. The molecule has 9 nitrogen and oxygen atoms in total. The van der Waals surface area contributed by atoms with E-state index in [0.29, 0.717) is 22.2 Å². The van der Waals surface area contributed by atoms with E-state index >= 15 is 4.39 Å². The number of esters is 1. The molecule has 38 heavy (non-hydrogen) atoms. The van der Waals surface area contributed by atoms with Crippen LogP contribution in [0.15, 0.2) is 60.9 Å². The molecule has 0 fully saturated rings. The maximum Gasteiger partial charge on any atom is 0.337 e. The molecule has 0 atom stereocenters. The van der Waals surface area contributed by atoms with Gasteiger partial charge in [-0.3, -0.25) is 18.8 Å². The van der Waals surface area contributed by atoms with Crippen LogP contribution in [0.3, 0.4) is 0 Å². The van der Waals surface area contributed by atoms with Crippen molar-refractivity contribution in [2.24, 2.45) is 7.05 Å². The quantitative estimate of drug-likeness (QED) is 0.330. The first-order chi connectivity index (χ1) is 18.2. The maximum absolute atomic E-state index is 15.9. The van der Waals surface area contributed by atoms with Crippen molar-refractivity contribution in [2.45, 2.75) is 6.92 Å². The van der Waals surface area contributed by atoms with Crippen LogP contribution in [0.25, 0.3) is 32.9 Å². The number of carbonyl (C=O) groups is 3. The van der Waals surface area contributed by atoms with E-state index in [9.17, 15) is 14.4 Å². The number of fused-ring (bicyclic) bond motifs is 2. The normalized spacial score (nSPS) is 11.1. The van der Waals surface area contributed by atoms with E-state index in [1.165, 1.54) is 44.0 Å². The van der Waals surface area contributed by atoms with E-state index in [4.69, 9.17) is 9.47 Å². The summed E-state index contributed by atoms with van der Waals surface area (Å²) in [7, 11) is 4.47. The number of ether oxygens (including phenoxy) is 2. The Hall–Kier alpha value is -4.99. The Morgan fingerprint density at radius 1 is 1.00 bits per heavy atom. The number of halogens is 1. The summed E-state index contributed by atoms with van der Waals surface area (Å²) in [6.07, 6.45) is 3.08. The zero-order valence-corrected chi connectivity index (χ0v) is 21.0. The van der Waals surface area contributed by atoms with E-state index in [1.54, 1.807) is 54.3 Å². The second kappa shape index (κ2) is 9.47. The van der Waals surface area contributed by atoms with Gasteiger partial charge in [0.05, 0.1) is 48.3 Å². The van der Waals surface area contributed by atoms with Crippen LogP contribution in [0.1, 0.15) is 32.4 Å². The summed E-state index contributed by atoms with van der Waals surface area (Å²) in [5.74, 6) is -1.91. The highest BCUT2D eigenvalue weighted by molar-refractivity contribution is 6.15. The fourth-order valence-electron chi connectivity index (χ4n) is 4.44. The Kier molecular flexibility index (Phi) is 6.15. The summed E-state index contributed by atoms with van der Waals surface area (Å²) in [6.45, 7) is 1.37.